The van der Waals surface area contributed by atoms with Gasteiger partial charge in [-0.05, 0) is 49.6 Å². The molecule has 0 aliphatic heterocycles. The van der Waals surface area contributed by atoms with E-state index in [1.807, 2.05) is 43.6 Å². The summed E-state index contributed by atoms with van der Waals surface area (Å²) in [5.41, 5.74) is 3.36. The van der Waals surface area contributed by atoms with Crippen molar-refractivity contribution in [1.82, 2.24) is 10.3 Å². The fourth-order valence-corrected chi connectivity index (χ4v) is 2.43. The van der Waals surface area contributed by atoms with Gasteiger partial charge in [-0.3, -0.25) is 9.98 Å². The number of hydrogen-bond acceptors (Lipinski definition) is 4. The maximum Gasteiger partial charge on any atom is 0.195 e. The zero-order valence-corrected chi connectivity index (χ0v) is 15.3. The van der Waals surface area contributed by atoms with Crippen LogP contribution in [0.25, 0.3) is 0 Å². The van der Waals surface area contributed by atoms with Crippen LogP contribution in [-0.2, 0) is 6.42 Å². The lowest BCUT2D eigenvalue weighted by molar-refractivity contribution is 0.311. The number of hydrogen-bond donors (Lipinski definition) is 2. The van der Waals surface area contributed by atoms with Crippen LogP contribution >= 0.6 is 0 Å². The highest BCUT2D eigenvalue weighted by Crippen LogP contribution is 2.30. The van der Waals surface area contributed by atoms with Gasteiger partial charge in [0.05, 0.1) is 13.7 Å². The van der Waals surface area contributed by atoms with Gasteiger partial charge in [0.1, 0.15) is 0 Å². The maximum absolute atomic E-state index is 5.54. The number of aromatic nitrogens is 1. The molecule has 0 amide bonds. The first kappa shape index (κ1) is 18.6. The minimum atomic E-state index is 0.598. The summed E-state index contributed by atoms with van der Waals surface area (Å²) < 4.78 is 10.9. The van der Waals surface area contributed by atoms with Crippen LogP contribution in [-0.4, -0.2) is 38.3 Å². The van der Waals surface area contributed by atoms with Gasteiger partial charge in [0.25, 0.3) is 0 Å². The van der Waals surface area contributed by atoms with Crippen LogP contribution in [0.4, 0.5) is 5.69 Å². The summed E-state index contributed by atoms with van der Waals surface area (Å²) in [5.74, 6) is 2.12. The third-order valence-corrected chi connectivity index (χ3v) is 3.77. The molecule has 1 aromatic carbocycles. The molecule has 0 bridgehead atoms. The zero-order chi connectivity index (χ0) is 18.1. The number of anilines is 1. The van der Waals surface area contributed by atoms with Crippen molar-refractivity contribution >= 4 is 11.6 Å². The van der Waals surface area contributed by atoms with Gasteiger partial charge in [-0.1, -0.05) is 0 Å². The summed E-state index contributed by atoms with van der Waals surface area (Å²) in [5, 5.41) is 6.58. The summed E-state index contributed by atoms with van der Waals surface area (Å²) in [4.78, 5) is 8.38. The molecule has 25 heavy (non-hydrogen) atoms. The molecule has 6 heteroatoms. The molecule has 6 nitrogen and oxygen atoms in total. The largest absolute Gasteiger partial charge is 0.493 e. The van der Waals surface area contributed by atoms with Crippen LogP contribution in [0.1, 0.15) is 18.1 Å². The zero-order valence-electron chi connectivity index (χ0n) is 15.3. The SMILES string of the molecule is CCOc1ccc(NC(=NC)NCCc2ccncc2C)cc1OC. The predicted molar refractivity (Wildman–Crippen MR) is 102 cm³/mol. The number of pyridine rings is 1. The summed E-state index contributed by atoms with van der Waals surface area (Å²) in [6, 6.07) is 7.76. The van der Waals surface area contributed by atoms with E-state index in [1.54, 1.807) is 14.2 Å². The Bertz CT molecular complexity index is 716. The number of nitrogens with one attached hydrogen (secondary N) is 2. The van der Waals surface area contributed by atoms with Gasteiger partial charge >= 0.3 is 0 Å². The van der Waals surface area contributed by atoms with Crippen LogP contribution in [0.3, 0.4) is 0 Å². The van der Waals surface area contributed by atoms with Crippen molar-refractivity contribution in [3.05, 3.63) is 47.8 Å². The fraction of sp³-hybridized carbons (Fsp3) is 0.368. The number of guanidine groups is 1. The normalized spacial score (nSPS) is 11.1. The van der Waals surface area contributed by atoms with Gasteiger partial charge in [0.2, 0.25) is 0 Å². The molecule has 0 saturated heterocycles. The molecule has 0 aliphatic carbocycles. The molecule has 0 radical (unpaired) electrons. The van der Waals surface area contributed by atoms with Crippen LogP contribution in [0.15, 0.2) is 41.7 Å². The summed E-state index contributed by atoms with van der Waals surface area (Å²) in [6.45, 7) is 5.39. The number of aliphatic imine (C=N–C) groups is 1. The molecule has 2 aromatic rings. The van der Waals surface area contributed by atoms with Crippen molar-refractivity contribution in [2.45, 2.75) is 20.3 Å². The van der Waals surface area contributed by atoms with E-state index in [9.17, 15) is 0 Å². The van der Waals surface area contributed by atoms with E-state index in [0.717, 1.165) is 24.4 Å². The van der Waals surface area contributed by atoms with Crippen LogP contribution in [0, 0.1) is 6.92 Å². The van der Waals surface area contributed by atoms with Gasteiger partial charge in [-0.15, -0.1) is 0 Å². The van der Waals surface area contributed by atoms with E-state index in [1.165, 1.54) is 11.1 Å². The Labute approximate surface area is 149 Å². The molecule has 2 N–H and O–H groups in total. The minimum absolute atomic E-state index is 0.598. The van der Waals surface area contributed by atoms with Crippen molar-refractivity contribution in [3.8, 4) is 11.5 Å². The van der Waals surface area contributed by atoms with E-state index >= 15 is 0 Å². The first-order valence-corrected chi connectivity index (χ1v) is 8.36. The highest BCUT2D eigenvalue weighted by Gasteiger charge is 2.07. The average molecular weight is 342 g/mol. The van der Waals surface area contributed by atoms with Gasteiger partial charge < -0.3 is 20.1 Å². The standard InChI is InChI=1S/C19H26N4O2/c1-5-25-17-7-6-16(12-18(17)24-4)23-19(20-3)22-11-9-15-8-10-21-13-14(15)2/h6-8,10,12-13H,5,9,11H2,1-4H3,(H2,20,22,23). The third kappa shape index (κ3) is 5.38. The third-order valence-electron chi connectivity index (χ3n) is 3.77. The lowest BCUT2D eigenvalue weighted by Gasteiger charge is -2.15. The molecule has 1 aromatic heterocycles. The van der Waals surface area contributed by atoms with Crippen molar-refractivity contribution in [3.63, 3.8) is 0 Å². The number of aryl methyl sites for hydroxylation is 1. The Morgan fingerprint density at radius 2 is 2.08 bits per heavy atom. The summed E-state index contributed by atoms with van der Waals surface area (Å²) >= 11 is 0. The Balaban J connectivity index is 1.94. The Morgan fingerprint density at radius 1 is 1.24 bits per heavy atom. The van der Waals surface area contributed by atoms with Gasteiger partial charge in [0, 0.05) is 37.7 Å². The Hall–Kier alpha value is -2.76. The van der Waals surface area contributed by atoms with Crippen LogP contribution in [0.2, 0.25) is 0 Å². The van der Waals surface area contributed by atoms with Gasteiger partial charge in [-0.25, -0.2) is 0 Å². The van der Waals surface area contributed by atoms with Crippen molar-refractivity contribution in [2.24, 2.45) is 4.99 Å². The van der Waals surface area contributed by atoms with E-state index in [2.05, 4.69) is 27.5 Å². The molecule has 0 aliphatic rings. The summed E-state index contributed by atoms with van der Waals surface area (Å²) in [6.07, 6.45) is 4.61. The second-order valence-corrected chi connectivity index (χ2v) is 5.47. The lowest BCUT2D eigenvalue weighted by Crippen LogP contribution is -2.32. The van der Waals surface area contributed by atoms with E-state index in [0.29, 0.717) is 18.3 Å². The lowest BCUT2D eigenvalue weighted by atomic mass is 10.1. The first-order chi connectivity index (χ1) is 12.2. The van der Waals surface area contributed by atoms with E-state index < -0.39 is 0 Å². The molecular formula is C19H26N4O2. The van der Waals surface area contributed by atoms with Crippen molar-refractivity contribution in [2.75, 3.05) is 32.6 Å². The summed E-state index contributed by atoms with van der Waals surface area (Å²) in [7, 11) is 3.38. The number of nitrogens with zero attached hydrogens (tertiary/aromatic N) is 2. The molecule has 0 saturated carbocycles. The first-order valence-electron chi connectivity index (χ1n) is 8.36. The second-order valence-electron chi connectivity index (χ2n) is 5.47. The quantitative estimate of drug-likeness (QED) is 0.598. The molecule has 1 heterocycles. The maximum atomic E-state index is 5.54. The number of methoxy groups -OCH3 is 1. The molecule has 134 valence electrons. The monoisotopic (exact) mass is 342 g/mol. The Morgan fingerprint density at radius 3 is 2.76 bits per heavy atom. The van der Waals surface area contributed by atoms with E-state index in [4.69, 9.17) is 9.47 Å². The number of ether oxygens (including phenoxy) is 2. The van der Waals surface area contributed by atoms with Crippen molar-refractivity contribution in [1.29, 1.82) is 0 Å². The van der Waals surface area contributed by atoms with Gasteiger partial charge in [-0.2, -0.15) is 0 Å². The number of rotatable bonds is 7. The molecule has 0 fully saturated rings. The minimum Gasteiger partial charge on any atom is -0.493 e. The smallest absolute Gasteiger partial charge is 0.195 e. The van der Waals surface area contributed by atoms with Gasteiger partial charge in [0.15, 0.2) is 17.5 Å². The van der Waals surface area contributed by atoms with Crippen molar-refractivity contribution < 1.29 is 9.47 Å². The average Bonchev–Trinajstić information content (AvgIpc) is 2.63. The second kappa shape index (κ2) is 9.52. The van der Waals surface area contributed by atoms with E-state index in [-0.39, 0.29) is 0 Å². The van der Waals surface area contributed by atoms with Crippen LogP contribution in [0.5, 0.6) is 11.5 Å². The highest BCUT2D eigenvalue weighted by molar-refractivity contribution is 5.93. The molecule has 0 unspecified atom stereocenters. The van der Waals surface area contributed by atoms with Crippen LogP contribution < -0.4 is 20.1 Å². The number of benzene rings is 1. The highest BCUT2D eigenvalue weighted by atomic mass is 16.5. The molecule has 2 rings (SSSR count). The Kier molecular flexibility index (Phi) is 7.07. The predicted octanol–water partition coefficient (Wildman–Crippen LogP) is 3.03. The fourth-order valence-electron chi connectivity index (χ4n) is 2.43. The molecule has 0 spiro atoms. The molecular weight excluding hydrogens is 316 g/mol. The topological polar surface area (TPSA) is 67.8 Å². The molecule has 0 atom stereocenters.